The Morgan fingerprint density at radius 1 is 0.957 bits per heavy atom. The molecule has 3 aromatic rings. The van der Waals surface area contributed by atoms with Crippen LogP contribution in [0.4, 0.5) is 0 Å². The molecule has 2 aromatic carbocycles. The average molecular weight is 657 g/mol. The lowest BCUT2D eigenvalue weighted by Crippen LogP contribution is -2.50. The molecule has 1 aliphatic carbocycles. The molecule has 4 heterocycles. The van der Waals surface area contributed by atoms with Gasteiger partial charge in [-0.2, -0.15) is 0 Å². The first-order valence-corrected chi connectivity index (χ1v) is 17.0. The number of aryl methyl sites for hydroxylation is 1. The number of hydrogen-bond acceptors (Lipinski definition) is 8. The molecule has 1 saturated heterocycles. The number of likely N-dealkylation sites (tertiary alicyclic amines) is 1. The highest BCUT2D eigenvalue weighted by atomic mass is 32.1. The van der Waals surface area contributed by atoms with Crippen LogP contribution in [0, 0.1) is 18.8 Å². The molecule has 1 N–H and O–H groups in total. The number of carboxylic acids is 1. The van der Waals surface area contributed by atoms with Crippen LogP contribution in [-0.2, 0) is 16.0 Å². The third-order valence-electron chi connectivity index (χ3n) is 9.96. The highest BCUT2D eigenvalue weighted by Gasteiger charge is 2.45. The van der Waals surface area contributed by atoms with Crippen LogP contribution in [0.2, 0.25) is 0 Å². The molecule has 1 aromatic heterocycles. The van der Waals surface area contributed by atoms with Gasteiger partial charge < -0.3 is 19.6 Å². The molecule has 4 atom stereocenters. The molecule has 0 radical (unpaired) electrons. The van der Waals surface area contributed by atoms with E-state index in [1.807, 2.05) is 25.1 Å². The standard InChI is InChI=1S/C35H36N4O7S/c1-20-36-17-29(47-20)34(43)37-15-14-22(18-37)46-28-12-6-7-21-13-16-38(31(40)25-10-4-5-11-26(25)35(44)45)27(30(21)28)19-39-32(41)23-8-2-3-9-24(23)33(39)42/h2-3,6-9,12,17,22,25-27H,4-5,10-11,13-16,18-19H2,1H3,(H,44,45)/t22-,25?,26+,27+/m0/s1. The smallest absolute Gasteiger partial charge is 0.307 e. The van der Waals surface area contributed by atoms with Crippen LogP contribution in [0.1, 0.15) is 84.7 Å². The average Bonchev–Trinajstić information content (AvgIpc) is 3.80. The van der Waals surface area contributed by atoms with Crippen LogP contribution < -0.4 is 4.74 Å². The number of amides is 4. The van der Waals surface area contributed by atoms with Crippen molar-refractivity contribution in [3.05, 3.63) is 80.8 Å². The molecular formula is C35H36N4O7S. The molecule has 1 saturated carbocycles. The predicted octanol–water partition coefficient (Wildman–Crippen LogP) is 4.36. The lowest BCUT2D eigenvalue weighted by atomic mass is 9.77. The summed E-state index contributed by atoms with van der Waals surface area (Å²) in [6.07, 6.45) is 4.85. The van der Waals surface area contributed by atoms with Crippen molar-refractivity contribution in [3.63, 3.8) is 0 Å². The summed E-state index contributed by atoms with van der Waals surface area (Å²) in [6, 6.07) is 11.6. The normalized spacial score (nSPS) is 23.9. The van der Waals surface area contributed by atoms with Crippen molar-refractivity contribution in [2.45, 2.75) is 57.6 Å². The summed E-state index contributed by atoms with van der Waals surface area (Å²) in [6.45, 7) is 3.00. The first-order chi connectivity index (χ1) is 22.7. The van der Waals surface area contributed by atoms with Crippen LogP contribution in [0.3, 0.4) is 0 Å². The van der Waals surface area contributed by atoms with Crippen molar-refractivity contribution in [1.29, 1.82) is 0 Å². The van der Waals surface area contributed by atoms with Gasteiger partial charge in [-0.1, -0.05) is 37.1 Å². The summed E-state index contributed by atoms with van der Waals surface area (Å²) in [4.78, 5) is 76.2. The topological polar surface area (TPSA) is 137 Å². The fraction of sp³-hybridized carbons (Fsp3) is 0.429. The van der Waals surface area contributed by atoms with E-state index in [1.54, 1.807) is 40.3 Å². The second kappa shape index (κ2) is 12.6. The fourth-order valence-corrected chi connectivity index (χ4v) is 8.36. The van der Waals surface area contributed by atoms with E-state index in [0.717, 1.165) is 23.4 Å². The van der Waals surface area contributed by atoms with Crippen LogP contribution in [0.25, 0.3) is 0 Å². The molecule has 4 amide bonds. The molecule has 3 aliphatic heterocycles. The first kappa shape index (κ1) is 31.0. The van der Waals surface area contributed by atoms with E-state index in [0.29, 0.717) is 72.6 Å². The SMILES string of the molecule is Cc1ncc(C(=O)N2CC[C@H](Oc3cccc4c3[C@@H](CN3C(=O)c5ccccc5C3=O)N(C(=O)C3CCCC[C@H]3C(=O)O)CC4)C2)s1. The van der Waals surface area contributed by atoms with Gasteiger partial charge in [-0.05, 0) is 49.9 Å². The number of aliphatic carboxylic acids is 1. The first-order valence-electron chi connectivity index (χ1n) is 16.2. The van der Waals surface area contributed by atoms with Crippen LogP contribution >= 0.6 is 11.3 Å². The predicted molar refractivity (Wildman–Crippen MR) is 171 cm³/mol. The summed E-state index contributed by atoms with van der Waals surface area (Å²) in [5.74, 6) is -3.11. The zero-order valence-corrected chi connectivity index (χ0v) is 26.9. The Morgan fingerprint density at radius 3 is 2.36 bits per heavy atom. The Hall–Kier alpha value is -4.58. The number of aromatic nitrogens is 1. The molecule has 47 heavy (non-hydrogen) atoms. The van der Waals surface area contributed by atoms with Crippen molar-refractivity contribution in [2.75, 3.05) is 26.2 Å². The van der Waals surface area contributed by atoms with Gasteiger partial charge in [0.1, 0.15) is 16.7 Å². The van der Waals surface area contributed by atoms with E-state index >= 15 is 0 Å². The number of carboxylic acid groups (broad SMARTS) is 1. The second-order valence-corrected chi connectivity index (χ2v) is 14.0. The molecule has 12 heteroatoms. The van der Waals surface area contributed by atoms with E-state index < -0.39 is 35.7 Å². The number of thiazole rings is 1. The molecule has 7 rings (SSSR count). The van der Waals surface area contributed by atoms with Crippen LogP contribution in [0.15, 0.2) is 48.7 Å². The van der Waals surface area contributed by atoms with Gasteiger partial charge in [0.15, 0.2) is 0 Å². The summed E-state index contributed by atoms with van der Waals surface area (Å²) in [5.41, 5.74) is 2.30. The molecule has 0 bridgehead atoms. The maximum atomic E-state index is 14.3. The molecule has 1 unspecified atom stereocenters. The van der Waals surface area contributed by atoms with Gasteiger partial charge in [0.25, 0.3) is 17.7 Å². The van der Waals surface area contributed by atoms with E-state index in [1.165, 1.54) is 16.2 Å². The Kier molecular flexibility index (Phi) is 8.29. The number of hydrogen-bond donors (Lipinski definition) is 1. The van der Waals surface area contributed by atoms with Gasteiger partial charge in [0.05, 0.1) is 53.3 Å². The monoisotopic (exact) mass is 656 g/mol. The lowest BCUT2D eigenvalue weighted by Gasteiger charge is -2.42. The minimum Gasteiger partial charge on any atom is -0.488 e. The zero-order valence-electron chi connectivity index (χ0n) is 26.1. The van der Waals surface area contributed by atoms with Gasteiger partial charge in [0, 0.05) is 25.1 Å². The Balaban J connectivity index is 1.21. The maximum Gasteiger partial charge on any atom is 0.307 e. The number of carbonyl (C=O) groups is 5. The van der Waals surface area contributed by atoms with Crippen molar-refractivity contribution < 1.29 is 33.8 Å². The summed E-state index contributed by atoms with van der Waals surface area (Å²) in [5, 5.41) is 10.8. The zero-order chi connectivity index (χ0) is 32.8. The number of imide groups is 1. The maximum absolute atomic E-state index is 14.3. The molecular weight excluding hydrogens is 620 g/mol. The van der Waals surface area contributed by atoms with Crippen LogP contribution in [-0.4, -0.2) is 86.7 Å². The van der Waals surface area contributed by atoms with Crippen molar-refractivity contribution >= 4 is 40.9 Å². The number of fused-ring (bicyclic) bond motifs is 2. The van der Waals surface area contributed by atoms with Gasteiger partial charge >= 0.3 is 5.97 Å². The van der Waals surface area contributed by atoms with Gasteiger partial charge in [0.2, 0.25) is 5.91 Å². The van der Waals surface area contributed by atoms with Crippen molar-refractivity contribution in [1.82, 2.24) is 19.7 Å². The van der Waals surface area contributed by atoms with E-state index in [9.17, 15) is 29.1 Å². The fourth-order valence-electron chi connectivity index (χ4n) is 7.61. The van der Waals surface area contributed by atoms with Gasteiger partial charge in [-0.3, -0.25) is 28.9 Å². The largest absolute Gasteiger partial charge is 0.488 e. The summed E-state index contributed by atoms with van der Waals surface area (Å²) < 4.78 is 6.61. The molecule has 2 fully saturated rings. The number of rotatable bonds is 7. The third kappa shape index (κ3) is 5.68. The molecule has 11 nitrogen and oxygen atoms in total. The van der Waals surface area contributed by atoms with Gasteiger partial charge in [-0.15, -0.1) is 11.3 Å². The van der Waals surface area contributed by atoms with Crippen molar-refractivity contribution in [2.24, 2.45) is 11.8 Å². The highest BCUT2D eigenvalue weighted by Crippen LogP contribution is 2.42. The number of carbonyl (C=O) groups excluding carboxylic acids is 4. The van der Waals surface area contributed by atoms with E-state index in [-0.39, 0.29) is 24.5 Å². The van der Waals surface area contributed by atoms with Crippen molar-refractivity contribution in [3.8, 4) is 5.75 Å². The second-order valence-electron chi connectivity index (χ2n) is 12.8. The third-order valence-corrected chi connectivity index (χ3v) is 10.9. The Bertz CT molecular complexity index is 1740. The minimum atomic E-state index is -0.977. The number of ether oxygens (including phenoxy) is 1. The molecule has 244 valence electrons. The molecule has 0 spiro atoms. The summed E-state index contributed by atoms with van der Waals surface area (Å²) >= 11 is 1.36. The quantitative estimate of drug-likeness (QED) is 0.371. The van der Waals surface area contributed by atoms with E-state index in [4.69, 9.17) is 4.74 Å². The minimum absolute atomic E-state index is 0.0856. The molecule has 4 aliphatic rings. The number of nitrogens with zero attached hydrogens (tertiary/aromatic N) is 4. The summed E-state index contributed by atoms with van der Waals surface area (Å²) in [7, 11) is 0. The Morgan fingerprint density at radius 2 is 1.68 bits per heavy atom. The van der Waals surface area contributed by atoms with E-state index in [2.05, 4.69) is 4.98 Å². The Labute approximate surface area is 276 Å². The lowest BCUT2D eigenvalue weighted by molar-refractivity contribution is -0.153. The van der Waals surface area contributed by atoms with Gasteiger partial charge in [-0.25, -0.2) is 4.98 Å². The highest BCUT2D eigenvalue weighted by molar-refractivity contribution is 7.13. The number of benzene rings is 2. The van der Waals surface area contributed by atoms with Crippen LogP contribution in [0.5, 0.6) is 5.75 Å².